The van der Waals surface area contributed by atoms with E-state index in [0.29, 0.717) is 10.7 Å². The average Bonchev–Trinajstić information content (AvgIpc) is 2.21. The van der Waals surface area contributed by atoms with Crippen LogP contribution in [0.2, 0.25) is 0 Å². The number of hydrogen-bond donors (Lipinski definition) is 2. The lowest BCUT2D eigenvalue weighted by molar-refractivity contribution is 0.491. The Morgan fingerprint density at radius 1 is 1.00 bits per heavy atom. The molecule has 0 saturated heterocycles. The fourth-order valence-electron chi connectivity index (χ4n) is 0.903. The van der Waals surface area contributed by atoms with Gasteiger partial charge in [0.05, 0.1) is 0 Å². The summed E-state index contributed by atoms with van der Waals surface area (Å²) in [6, 6.07) is 6.94. The SMILES string of the molecule is OS1(O)N=c2ccccc2=N1. The summed E-state index contributed by atoms with van der Waals surface area (Å²) in [6.45, 7) is 0. The van der Waals surface area contributed by atoms with Gasteiger partial charge in [0.1, 0.15) is 10.7 Å². The van der Waals surface area contributed by atoms with Crippen LogP contribution in [-0.4, -0.2) is 9.11 Å². The van der Waals surface area contributed by atoms with Crippen LogP contribution in [0.3, 0.4) is 0 Å². The molecule has 1 aromatic carbocycles. The zero-order valence-corrected chi connectivity index (χ0v) is 6.32. The Balaban J connectivity index is 2.81. The van der Waals surface area contributed by atoms with E-state index in [1.165, 1.54) is 0 Å². The fourth-order valence-corrected chi connectivity index (χ4v) is 1.78. The summed E-state index contributed by atoms with van der Waals surface area (Å²) in [5.74, 6) is 0. The third-order valence-electron chi connectivity index (χ3n) is 1.32. The molecule has 0 atom stereocenters. The summed E-state index contributed by atoms with van der Waals surface area (Å²) in [6.07, 6.45) is 0. The second kappa shape index (κ2) is 2.04. The smallest absolute Gasteiger partial charge is 0.112 e. The predicted octanol–water partition coefficient (Wildman–Crippen LogP) is 0.520. The minimum Gasteiger partial charge on any atom is -0.262 e. The van der Waals surface area contributed by atoms with Crippen molar-refractivity contribution in [1.82, 2.24) is 0 Å². The Kier molecular flexibility index (Phi) is 1.26. The first-order chi connectivity index (χ1) is 5.17. The summed E-state index contributed by atoms with van der Waals surface area (Å²) in [7, 11) is -3.06. The maximum atomic E-state index is 9.02. The van der Waals surface area contributed by atoms with E-state index < -0.39 is 11.0 Å². The van der Waals surface area contributed by atoms with Crippen molar-refractivity contribution >= 4 is 11.0 Å². The monoisotopic (exact) mass is 170 g/mol. The van der Waals surface area contributed by atoms with E-state index >= 15 is 0 Å². The Labute approximate surface area is 64.6 Å². The zero-order chi connectivity index (χ0) is 7.90. The van der Waals surface area contributed by atoms with Crippen molar-refractivity contribution < 1.29 is 9.11 Å². The standard InChI is InChI=1S/C6H6N2O2S/c9-11(10)7-5-3-1-2-4-6(5)8-11/h1-4,9-10H. The number of hydrogen-bond acceptors (Lipinski definition) is 4. The van der Waals surface area contributed by atoms with Crippen molar-refractivity contribution in [3.63, 3.8) is 0 Å². The van der Waals surface area contributed by atoms with Gasteiger partial charge in [-0.05, 0) is 12.1 Å². The summed E-state index contributed by atoms with van der Waals surface area (Å²) >= 11 is 0. The first-order valence-corrected chi connectivity index (χ1v) is 4.47. The molecule has 0 radical (unpaired) electrons. The molecule has 0 saturated carbocycles. The molecule has 2 rings (SSSR count). The molecule has 1 heterocycles. The van der Waals surface area contributed by atoms with E-state index in [9.17, 15) is 0 Å². The van der Waals surface area contributed by atoms with Crippen molar-refractivity contribution in [3.05, 3.63) is 35.0 Å². The lowest BCUT2D eigenvalue weighted by Gasteiger charge is -2.14. The van der Waals surface area contributed by atoms with Crippen LogP contribution < -0.4 is 10.7 Å². The van der Waals surface area contributed by atoms with E-state index in [1.807, 2.05) is 0 Å². The molecule has 58 valence electrons. The number of nitrogens with zero attached hydrogens (tertiary/aromatic N) is 2. The van der Waals surface area contributed by atoms with Crippen LogP contribution in [0.25, 0.3) is 0 Å². The van der Waals surface area contributed by atoms with Gasteiger partial charge >= 0.3 is 0 Å². The quantitative estimate of drug-likeness (QED) is 0.596. The molecule has 0 amide bonds. The fraction of sp³-hybridized carbons (Fsp3) is 0. The van der Waals surface area contributed by atoms with E-state index in [0.717, 1.165) is 0 Å². The van der Waals surface area contributed by atoms with Gasteiger partial charge in [-0.15, -0.1) is 8.80 Å². The van der Waals surface area contributed by atoms with Gasteiger partial charge in [0.2, 0.25) is 0 Å². The van der Waals surface area contributed by atoms with Gasteiger partial charge in [0, 0.05) is 11.0 Å². The van der Waals surface area contributed by atoms with Gasteiger partial charge in [0.25, 0.3) is 0 Å². The van der Waals surface area contributed by atoms with Crippen molar-refractivity contribution in [2.75, 3.05) is 0 Å². The van der Waals surface area contributed by atoms with E-state index in [4.69, 9.17) is 9.11 Å². The molecule has 0 spiro atoms. The molecular formula is C6H6N2O2S. The minimum atomic E-state index is -3.06. The highest BCUT2D eigenvalue weighted by atomic mass is 32.3. The summed E-state index contributed by atoms with van der Waals surface area (Å²) < 4.78 is 25.3. The normalized spacial score (nSPS) is 21.3. The zero-order valence-electron chi connectivity index (χ0n) is 5.51. The van der Waals surface area contributed by atoms with Crippen molar-refractivity contribution in [2.24, 2.45) is 8.80 Å². The molecule has 0 aromatic heterocycles. The van der Waals surface area contributed by atoms with Gasteiger partial charge in [-0.1, -0.05) is 12.1 Å². The summed E-state index contributed by atoms with van der Waals surface area (Å²) in [4.78, 5) is 0. The van der Waals surface area contributed by atoms with Crippen molar-refractivity contribution in [2.45, 2.75) is 0 Å². The molecule has 0 aliphatic carbocycles. The number of rotatable bonds is 0. The van der Waals surface area contributed by atoms with Gasteiger partial charge in [0.15, 0.2) is 0 Å². The van der Waals surface area contributed by atoms with Crippen LogP contribution in [0.4, 0.5) is 0 Å². The Bertz CT molecular complexity index is 364. The van der Waals surface area contributed by atoms with Gasteiger partial charge < -0.3 is 0 Å². The lowest BCUT2D eigenvalue weighted by atomic mass is 10.3. The Hall–Kier alpha value is -0.910. The molecule has 5 heteroatoms. The number of fused-ring (bicyclic) bond motifs is 1. The number of benzene rings is 1. The van der Waals surface area contributed by atoms with Crippen LogP contribution in [0.5, 0.6) is 0 Å². The molecular weight excluding hydrogens is 164 g/mol. The molecule has 0 bridgehead atoms. The molecule has 1 aliphatic rings. The van der Waals surface area contributed by atoms with Crippen molar-refractivity contribution in [1.29, 1.82) is 0 Å². The predicted molar refractivity (Wildman–Crippen MR) is 41.6 cm³/mol. The van der Waals surface area contributed by atoms with Gasteiger partial charge in [-0.25, -0.2) is 0 Å². The highest BCUT2D eigenvalue weighted by molar-refractivity contribution is 8.22. The van der Waals surface area contributed by atoms with Crippen LogP contribution in [0.1, 0.15) is 0 Å². The molecule has 0 unspecified atom stereocenters. The molecule has 0 fully saturated rings. The van der Waals surface area contributed by atoms with Crippen molar-refractivity contribution in [3.8, 4) is 0 Å². The maximum Gasteiger partial charge on any atom is 0.112 e. The van der Waals surface area contributed by atoms with Crippen LogP contribution in [-0.2, 0) is 0 Å². The third-order valence-corrected chi connectivity index (χ3v) is 2.21. The molecule has 4 nitrogen and oxygen atoms in total. The Morgan fingerprint density at radius 2 is 1.45 bits per heavy atom. The third kappa shape index (κ3) is 1.13. The second-order valence-corrected chi connectivity index (χ2v) is 3.51. The van der Waals surface area contributed by atoms with Gasteiger partial charge in [-0.2, -0.15) is 0 Å². The maximum absolute atomic E-state index is 9.02. The summed E-state index contributed by atoms with van der Waals surface area (Å²) in [5, 5.41) is 1.10. The highest BCUT2D eigenvalue weighted by Gasteiger charge is 2.11. The average molecular weight is 170 g/mol. The van der Waals surface area contributed by atoms with E-state index in [1.54, 1.807) is 24.3 Å². The molecule has 1 aliphatic heterocycles. The van der Waals surface area contributed by atoms with Crippen LogP contribution in [0.15, 0.2) is 33.1 Å². The topological polar surface area (TPSA) is 65.2 Å². The lowest BCUT2D eigenvalue weighted by Crippen LogP contribution is -2.19. The largest absolute Gasteiger partial charge is 0.262 e. The first-order valence-electron chi connectivity index (χ1n) is 3.00. The van der Waals surface area contributed by atoms with Crippen LogP contribution in [0, 0.1) is 0 Å². The summed E-state index contributed by atoms with van der Waals surface area (Å²) in [5.41, 5.74) is 0. The molecule has 1 aromatic rings. The minimum absolute atomic E-state index is 0.549. The molecule has 11 heavy (non-hydrogen) atoms. The highest BCUT2D eigenvalue weighted by Crippen LogP contribution is 2.41. The van der Waals surface area contributed by atoms with Gasteiger partial charge in [-0.3, -0.25) is 9.11 Å². The first kappa shape index (κ1) is 6.78. The molecule has 2 N–H and O–H groups in total. The van der Waals surface area contributed by atoms with E-state index in [2.05, 4.69) is 8.80 Å². The second-order valence-electron chi connectivity index (χ2n) is 2.16. The Morgan fingerprint density at radius 3 is 1.91 bits per heavy atom. The van der Waals surface area contributed by atoms with Crippen LogP contribution >= 0.6 is 11.0 Å². The van der Waals surface area contributed by atoms with E-state index in [-0.39, 0.29) is 0 Å².